The summed E-state index contributed by atoms with van der Waals surface area (Å²) in [5.41, 5.74) is 0. The van der Waals surface area contributed by atoms with Crippen LogP contribution in [0.15, 0.2) is 12.4 Å². The van der Waals surface area contributed by atoms with E-state index < -0.39 is 9.84 Å². The van der Waals surface area contributed by atoms with Gasteiger partial charge in [0, 0.05) is 18.8 Å². The van der Waals surface area contributed by atoms with Crippen molar-refractivity contribution < 1.29 is 8.42 Å². The Morgan fingerprint density at radius 2 is 2.44 bits per heavy atom. The first kappa shape index (κ1) is 11.1. The maximum Gasteiger partial charge on any atom is 0.150 e. The fraction of sp³-hybridized carbons (Fsp3) is 0.600. The van der Waals surface area contributed by atoms with Gasteiger partial charge in [-0.3, -0.25) is 0 Å². The van der Waals surface area contributed by atoms with Gasteiger partial charge in [0.15, 0.2) is 9.84 Å². The third kappa shape index (κ3) is 2.42. The average molecular weight is 239 g/mol. The molecule has 86 valence electrons. The first-order valence-corrected chi connectivity index (χ1v) is 7.00. The van der Waals surface area contributed by atoms with Gasteiger partial charge in [-0.15, -0.1) is 0 Å². The minimum atomic E-state index is -2.83. The highest BCUT2D eigenvalue weighted by Gasteiger charge is 2.28. The summed E-state index contributed by atoms with van der Waals surface area (Å²) in [6, 6.07) is 2.06. The summed E-state index contributed by atoms with van der Waals surface area (Å²) in [5, 5.41) is 8.61. The number of hydrogen-bond donors (Lipinski definition) is 0. The molecule has 1 saturated heterocycles. The van der Waals surface area contributed by atoms with Gasteiger partial charge >= 0.3 is 0 Å². The summed E-state index contributed by atoms with van der Waals surface area (Å²) < 4.78 is 24.4. The molecule has 0 bridgehead atoms. The van der Waals surface area contributed by atoms with E-state index in [0.717, 1.165) is 5.82 Å². The lowest BCUT2D eigenvalue weighted by Gasteiger charge is -2.07. The molecule has 1 unspecified atom stereocenters. The molecule has 0 amide bonds. The van der Waals surface area contributed by atoms with Crippen LogP contribution in [0.2, 0.25) is 0 Å². The zero-order valence-electron chi connectivity index (χ0n) is 8.83. The van der Waals surface area contributed by atoms with Crippen LogP contribution >= 0.6 is 0 Å². The Hall–Kier alpha value is -1.35. The molecule has 0 saturated carbocycles. The molecule has 1 aliphatic heterocycles. The molecule has 1 aromatic rings. The van der Waals surface area contributed by atoms with Gasteiger partial charge in [0.05, 0.1) is 17.6 Å². The zero-order chi connectivity index (χ0) is 11.6. The number of nitrogens with zero attached hydrogens (tertiary/aromatic N) is 3. The molecule has 1 aliphatic rings. The van der Waals surface area contributed by atoms with E-state index in [4.69, 9.17) is 5.26 Å². The average Bonchev–Trinajstić information content (AvgIpc) is 2.76. The highest BCUT2D eigenvalue weighted by molar-refractivity contribution is 7.91. The van der Waals surface area contributed by atoms with Gasteiger partial charge in [0.2, 0.25) is 0 Å². The van der Waals surface area contributed by atoms with E-state index in [2.05, 4.69) is 11.1 Å². The Balaban J connectivity index is 2.05. The van der Waals surface area contributed by atoms with E-state index in [1.807, 2.05) is 0 Å². The number of aromatic nitrogens is 2. The molecular weight excluding hydrogens is 226 g/mol. The summed E-state index contributed by atoms with van der Waals surface area (Å²) in [5.74, 6) is 1.51. The molecule has 6 heteroatoms. The summed E-state index contributed by atoms with van der Waals surface area (Å²) in [6.07, 6.45) is 4.76. The van der Waals surface area contributed by atoms with E-state index >= 15 is 0 Å². The zero-order valence-corrected chi connectivity index (χ0v) is 9.65. The van der Waals surface area contributed by atoms with Gasteiger partial charge in [0.25, 0.3) is 0 Å². The standard InChI is InChI=1S/C10H13N3O2S/c11-2-4-13-5-3-12-10(13)7-9-1-6-16(14,15)8-9/h3,5,9H,1,4,6-8H2. The Bertz CT molecular complexity index is 512. The molecule has 0 N–H and O–H groups in total. The molecule has 1 aromatic heterocycles. The third-order valence-corrected chi connectivity index (χ3v) is 4.68. The van der Waals surface area contributed by atoms with Gasteiger partial charge in [-0.1, -0.05) is 0 Å². The quantitative estimate of drug-likeness (QED) is 0.764. The van der Waals surface area contributed by atoms with Crippen LogP contribution in [0.3, 0.4) is 0 Å². The smallest absolute Gasteiger partial charge is 0.150 e. The lowest BCUT2D eigenvalue weighted by molar-refractivity contribution is 0.553. The summed E-state index contributed by atoms with van der Waals surface area (Å²) in [7, 11) is -2.83. The number of hydrogen-bond acceptors (Lipinski definition) is 4. The minimum absolute atomic E-state index is 0.157. The second-order valence-electron chi connectivity index (χ2n) is 4.10. The van der Waals surface area contributed by atoms with Gasteiger partial charge in [0.1, 0.15) is 12.4 Å². The van der Waals surface area contributed by atoms with E-state index in [9.17, 15) is 8.42 Å². The Kier molecular flexibility index (Phi) is 2.97. The van der Waals surface area contributed by atoms with Crippen LogP contribution in [0.25, 0.3) is 0 Å². The van der Waals surface area contributed by atoms with Gasteiger partial charge in [-0.05, 0) is 12.3 Å². The Morgan fingerprint density at radius 1 is 1.62 bits per heavy atom. The molecule has 1 fully saturated rings. The molecule has 2 heterocycles. The number of nitriles is 1. The molecule has 0 aliphatic carbocycles. The Labute approximate surface area is 94.6 Å². The van der Waals surface area contributed by atoms with Crippen LogP contribution in [-0.4, -0.2) is 29.5 Å². The topological polar surface area (TPSA) is 75.8 Å². The molecular formula is C10H13N3O2S. The van der Waals surface area contributed by atoms with Crippen molar-refractivity contribution in [1.29, 1.82) is 5.26 Å². The van der Waals surface area contributed by atoms with Crippen molar-refractivity contribution in [3.05, 3.63) is 18.2 Å². The molecule has 5 nitrogen and oxygen atoms in total. The van der Waals surface area contributed by atoms with Gasteiger partial charge in [-0.25, -0.2) is 13.4 Å². The second kappa shape index (κ2) is 4.26. The van der Waals surface area contributed by atoms with Crippen LogP contribution in [0.5, 0.6) is 0 Å². The van der Waals surface area contributed by atoms with Crippen LogP contribution in [0.4, 0.5) is 0 Å². The van der Waals surface area contributed by atoms with E-state index in [-0.39, 0.29) is 24.0 Å². The molecule has 2 rings (SSSR count). The number of imidazole rings is 1. The van der Waals surface area contributed by atoms with Crippen molar-refractivity contribution in [1.82, 2.24) is 9.55 Å². The maximum atomic E-state index is 11.3. The highest BCUT2D eigenvalue weighted by Crippen LogP contribution is 2.21. The van der Waals surface area contributed by atoms with Gasteiger partial charge in [-0.2, -0.15) is 5.26 Å². The predicted octanol–water partition coefficient (Wildman–Crippen LogP) is 0.384. The van der Waals surface area contributed by atoms with Crippen LogP contribution in [0.1, 0.15) is 12.2 Å². The predicted molar refractivity (Wildman–Crippen MR) is 58.3 cm³/mol. The fourth-order valence-electron chi connectivity index (χ4n) is 2.04. The maximum absolute atomic E-state index is 11.3. The molecule has 0 radical (unpaired) electrons. The van der Waals surface area contributed by atoms with Crippen molar-refractivity contribution in [3.63, 3.8) is 0 Å². The first-order valence-electron chi connectivity index (χ1n) is 5.18. The van der Waals surface area contributed by atoms with Crippen LogP contribution in [0, 0.1) is 17.2 Å². The third-order valence-electron chi connectivity index (χ3n) is 2.84. The van der Waals surface area contributed by atoms with Crippen LogP contribution < -0.4 is 0 Å². The molecule has 1 atom stereocenters. The first-order chi connectivity index (χ1) is 7.61. The van der Waals surface area contributed by atoms with Crippen molar-refractivity contribution in [2.75, 3.05) is 11.5 Å². The lowest BCUT2D eigenvalue weighted by atomic mass is 10.1. The molecule has 16 heavy (non-hydrogen) atoms. The second-order valence-corrected chi connectivity index (χ2v) is 6.33. The molecule has 0 aromatic carbocycles. The monoisotopic (exact) mass is 239 g/mol. The SMILES string of the molecule is N#CCn1ccnc1CC1CCS(=O)(=O)C1. The van der Waals surface area contributed by atoms with E-state index in [0.29, 0.717) is 12.8 Å². The summed E-state index contributed by atoms with van der Waals surface area (Å²) in [6.45, 7) is 0.273. The number of sulfone groups is 1. The van der Waals surface area contributed by atoms with Gasteiger partial charge < -0.3 is 4.57 Å². The highest BCUT2D eigenvalue weighted by atomic mass is 32.2. The number of rotatable bonds is 3. The molecule has 0 spiro atoms. The van der Waals surface area contributed by atoms with Crippen LogP contribution in [-0.2, 0) is 22.8 Å². The normalized spacial score (nSPS) is 23.1. The Morgan fingerprint density at radius 3 is 3.06 bits per heavy atom. The van der Waals surface area contributed by atoms with Crippen molar-refractivity contribution in [2.45, 2.75) is 19.4 Å². The summed E-state index contributed by atoms with van der Waals surface area (Å²) in [4.78, 5) is 4.16. The van der Waals surface area contributed by atoms with Crippen molar-refractivity contribution in [2.24, 2.45) is 5.92 Å². The summed E-state index contributed by atoms with van der Waals surface area (Å²) >= 11 is 0. The largest absolute Gasteiger partial charge is 0.321 e. The lowest BCUT2D eigenvalue weighted by Crippen LogP contribution is -2.11. The van der Waals surface area contributed by atoms with E-state index in [1.165, 1.54) is 0 Å². The van der Waals surface area contributed by atoms with E-state index in [1.54, 1.807) is 17.0 Å². The fourth-order valence-corrected chi connectivity index (χ4v) is 3.90. The van der Waals surface area contributed by atoms with Crippen molar-refractivity contribution >= 4 is 9.84 Å². The van der Waals surface area contributed by atoms with Crippen molar-refractivity contribution in [3.8, 4) is 6.07 Å². The minimum Gasteiger partial charge on any atom is -0.321 e.